The van der Waals surface area contributed by atoms with Crippen LogP contribution in [0, 0.1) is 0 Å². The predicted octanol–water partition coefficient (Wildman–Crippen LogP) is -0.568. The quantitative estimate of drug-likeness (QED) is 0.440. The Labute approximate surface area is 107 Å². The second-order valence-corrected chi connectivity index (χ2v) is 3.72. The number of hydrazine groups is 1. The number of anilines is 3. The molecule has 0 amide bonds. The summed E-state index contributed by atoms with van der Waals surface area (Å²) in [7, 11) is 1.80. The number of nitrogens with one attached hydrogen (secondary N) is 1. The molecule has 0 saturated heterocycles. The summed E-state index contributed by atoms with van der Waals surface area (Å²) < 4.78 is 0. The van der Waals surface area contributed by atoms with E-state index in [2.05, 4.69) is 20.4 Å². The number of aliphatic hydroxyl groups excluding tert-OH is 1. The van der Waals surface area contributed by atoms with Gasteiger partial charge in [0.15, 0.2) is 0 Å². The Balaban J connectivity index is 3.08. The Hall–Kier alpha value is -1.67. The minimum atomic E-state index is 0.0359. The summed E-state index contributed by atoms with van der Waals surface area (Å²) in [5.74, 6) is 6.72. The van der Waals surface area contributed by atoms with E-state index in [4.69, 9.17) is 10.9 Å². The van der Waals surface area contributed by atoms with Gasteiger partial charge in [0, 0.05) is 26.7 Å². The average molecular weight is 255 g/mol. The molecule has 18 heavy (non-hydrogen) atoms. The number of nitrogens with two attached hydrogens (primary N) is 1. The summed E-state index contributed by atoms with van der Waals surface area (Å²) >= 11 is 0. The van der Waals surface area contributed by atoms with Crippen molar-refractivity contribution in [1.29, 1.82) is 0 Å². The van der Waals surface area contributed by atoms with E-state index in [1.165, 1.54) is 0 Å². The van der Waals surface area contributed by atoms with Crippen LogP contribution < -0.4 is 21.1 Å². The zero-order valence-corrected chi connectivity index (χ0v) is 11.1. The third-order valence-electron chi connectivity index (χ3n) is 2.56. The lowest BCUT2D eigenvalue weighted by Gasteiger charge is -2.22. The van der Waals surface area contributed by atoms with Crippen molar-refractivity contribution in [1.82, 2.24) is 15.0 Å². The standard InChI is InChI=1S/C10H21N7O/c1-4-17(5-2)10-13-8(15-11)12-9(14-10)16(3)6-7-18/h18H,4-7,11H2,1-3H3,(H,12,13,14,15). The van der Waals surface area contributed by atoms with Gasteiger partial charge in [-0.1, -0.05) is 0 Å². The van der Waals surface area contributed by atoms with E-state index in [1.807, 2.05) is 18.7 Å². The maximum absolute atomic E-state index is 8.93. The number of hydrogen-bond acceptors (Lipinski definition) is 8. The highest BCUT2D eigenvalue weighted by Crippen LogP contribution is 2.14. The van der Waals surface area contributed by atoms with Crippen LogP contribution in [0.15, 0.2) is 0 Å². The van der Waals surface area contributed by atoms with Crippen molar-refractivity contribution >= 4 is 17.8 Å². The summed E-state index contributed by atoms with van der Waals surface area (Å²) in [5, 5.41) is 8.93. The molecule has 0 aromatic carbocycles. The van der Waals surface area contributed by atoms with Crippen molar-refractivity contribution in [2.24, 2.45) is 5.84 Å². The molecule has 4 N–H and O–H groups in total. The zero-order chi connectivity index (χ0) is 13.5. The third-order valence-corrected chi connectivity index (χ3v) is 2.56. The summed E-state index contributed by atoms with van der Waals surface area (Å²) in [6, 6.07) is 0. The Morgan fingerprint density at radius 2 is 1.78 bits per heavy atom. The van der Waals surface area contributed by atoms with E-state index in [1.54, 1.807) is 11.9 Å². The first-order valence-electron chi connectivity index (χ1n) is 5.95. The Morgan fingerprint density at radius 3 is 2.28 bits per heavy atom. The molecule has 1 rings (SSSR count). The minimum absolute atomic E-state index is 0.0359. The SMILES string of the molecule is CCN(CC)c1nc(NN)nc(N(C)CCO)n1. The number of likely N-dealkylation sites (N-methyl/N-ethyl adjacent to an activating group) is 1. The molecule has 1 aromatic heterocycles. The van der Waals surface area contributed by atoms with Gasteiger partial charge in [0.1, 0.15) is 0 Å². The van der Waals surface area contributed by atoms with Crippen molar-refractivity contribution < 1.29 is 5.11 Å². The fourth-order valence-electron chi connectivity index (χ4n) is 1.49. The highest BCUT2D eigenvalue weighted by Gasteiger charge is 2.12. The lowest BCUT2D eigenvalue weighted by molar-refractivity contribution is 0.303. The van der Waals surface area contributed by atoms with Crippen LogP contribution in [0.5, 0.6) is 0 Å². The second kappa shape index (κ2) is 6.92. The molecule has 0 unspecified atom stereocenters. The Kier molecular flexibility index (Phi) is 5.53. The van der Waals surface area contributed by atoms with Gasteiger partial charge in [0.2, 0.25) is 17.8 Å². The largest absolute Gasteiger partial charge is 0.395 e. The topological polar surface area (TPSA) is 103 Å². The number of aromatic nitrogens is 3. The number of nitrogen functional groups attached to an aromatic ring is 1. The van der Waals surface area contributed by atoms with E-state index in [9.17, 15) is 0 Å². The van der Waals surface area contributed by atoms with Gasteiger partial charge < -0.3 is 14.9 Å². The van der Waals surface area contributed by atoms with Gasteiger partial charge >= 0.3 is 0 Å². The second-order valence-electron chi connectivity index (χ2n) is 3.72. The van der Waals surface area contributed by atoms with E-state index < -0.39 is 0 Å². The van der Waals surface area contributed by atoms with Crippen molar-refractivity contribution in [3.63, 3.8) is 0 Å². The normalized spacial score (nSPS) is 10.3. The molecule has 0 fully saturated rings. The molecule has 0 atom stereocenters. The molecule has 0 bridgehead atoms. The first-order valence-corrected chi connectivity index (χ1v) is 5.95. The van der Waals surface area contributed by atoms with Gasteiger partial charge in [-0.05, 0) is 13.8 Å². The number of aliphatic hydroxyl groups is 1. The maximum Gasteiger partial charge on any atom is 0.243 e. The van der Waals surface area contributed by atoms with E-state index in [-0.39, 0.29) is 6.61 Å². The molecule has 0 saturated carbocycles. The highest BCUT2D eigenvalue weighted by atomic mass is 16.3. The molecule has 1 heterocycles. The molecule has 102 valence electrons. The first kappa shape index (κ1) is 14.4. The van der Waals surface area contributed by atoms with Crippen LogP contribution in [0.4, 0.5) is 17.8 Å². The molecular formula is C10H21N7O. The monoisotopic (exact) mass is 255 g/mol. The fourth-order valence-corrected chi connectivity index (χ4v) is 1.49. The fraction of sp³-hybridized carbons (Fsp3) is 0.700. The van der Waals surface area contributed by atoms with Crippen molar-refractivity contribution in [3.05, 3.63) is 0 Å². The molecule has 8 heteroatoms. The van der Waals surface area contributed by atoms with Crippen LogP contribution in [0.3, 0.4) is 0 Å². The lowest BCUT2D eigenvalue weighted by Crippen LogP contribution is -2.29. The maximum atomic E-state index is 8.93. The van der Waals surface area contributed by atoms with E-state index in [0.717, 1.165) is 13.1 Å². The first-order chi connectivity index (χ1) is 8.65. The number of nitrogens with zero attached hydrogens (tertiary/aromatic N) is 5. The highest BCUT2D eigenvalue weighted by molar-refractivity contribution is 5.44. The van der Waals surface area contributed by atoms with E-state index in [0.29, 0.717) is 24.4 Å². The van der Waals surface area contributed by atoms with Crippen LogP contribution in [0.1, 0.15) is 13.8 Å². The lowest BCUT2D eigenvalue weighted by atomic mass is 10.5. The van der Waals surface area contributed by atoms with Crippen molar-refractivity contribution in [2.45, 2.75) is 13.8 Å². The molecule has 0 aliphatic rings. The summed E-state index contributed by atoms with van der Waals surface area (Å²) in [6.07, 6.45) is 0. The summed E-state index contributed by atoms with van der Waals surface area (Å²) in [5.41, 5.74) is 2.43. The molecule has 0 spiro atoms. The van der Waals surface area contributed by atoms with Crippen molar-refractivity contribution in [2.75, 3.05) is 48.5 Å². The molecule has 0 aliphatic heterocycles. The molecule has 0 radical (unpaired) electrons. The van der Waals surface area contributed by atoms with Crippen LogP contribution in [-0.4, -0.2) is 53.3 Å². The Bertz CT molecular complexity index is 369. The van der Waals surface area contributed by atoms with Gasteiger partial charge in [0.05, 0.1) is 6.61 Å². The Morgan fingerprint density at radius 1 is 1.17 bits per heavy atom. The smallest absolute Gasteiger partial charge is 0.243 e. The minimum Gasteiger partial charge on any atom is -0.395 e. The summed E-state index contributed by atoms with van der Waals surface area (Å²) in [6.45, 7) is 6.14. The molecule has 0 aliphatic carbocycles. The van der Waals surface area contributed by atoms with Crippen LogP contribution in [0.25, 0.3) is 0 Å². The predicted molar refractivity (Wildman–Crippen MR) is 71.6 cm³/mol. The van der Waals surface area contributed by atoms with Crippen LogP contribution in [-0.2, 0) is 0 Å². The van der Waals surface area contributed by atoms with Gasteiger partial charge in [-0.3, -0.25) is 5.43 Å². The molecular weight excluding hydrogens is 234 g/mol. The van der Waals surface area contributed by atoms with Crippen molar-refractivity contribution in [3.8, 4) is 0 Å². The van der Waals surface area contributed by atoms with Gasteiger partial charge in [-0.25, -0.2) is 5.84 Å². The average Bonchev–Trinajstić information content (AvgIpc) is 2.40. The van der Waals surface area contributed by atoms with Gasteiger partial charge in [-0.2, -0.15) is 15.0 Å². The molecule has 8 nitrogen and oxygen atoms in total. The third kappa shape index (κ3) is 3.41. The molecule has 1 aromatic rings. The van der Waals surface area contributed by atoms with Gasteiger partial charge in [0.25, 0.3) is 0 Å². The van der Waals surface area contributed by atoms with Gasteiger partial charge in [-0.15, -0.1) is 0 Å². The number of rotatable bonds is 7. The number of hydrogen-bond donors (Lipinski definition) is 3. The zero-order valence-electron chi connectivity index (χ0n) is 11.1. The summed E-state index contributed by atoms with van der Waals surface area (Å²) in [4.78, 5) is 16.5. The van der Waals surface area contributed by atoms with Crippen LogP contribution in [0.2, 0.25) is 0 Å². The van der Waals surface area contributed by atoms with E-state index >= 15 is 0 Å². The van der Waals surface area contributed by atoms with Crippen LogP contribution >= 0.6 is 0 Å².